The molecule has 0 radical (unpaired) electrons. The maximum atomic E-state index is 4.50. The van der Waals surface area contributed by atoms with Gasteiger partial charge in [0.2, 0.25) is 0 Å². The highest BCUT2D eigenvalue weighted by atomic mass is 32.1. The molecule has 16 heavy (non-hydrogen) atoms. The lowest BCUT2D eigenvalue weighted by Gasteiger charge is -2.26. The second-order valence-corrected chi connectivity index (χ2v) is 5.18. The first-order valence-corrected chi connectivity index (χ1v) is 7.17. The average molecular weight is 239 g/mol. The van der Waals surface area contributed by atoms with Gasteiger partial charge in [-0.15, -0.1) is 11.3 Å². The van der Waals surface area contributed by atoms with Crippen LogP contribution in [0.15, 0.2) is 5.38 Å². The molecule has 1 saturated heterocycles. The minimum absolute atomic E-state index is 1.02. The van der Waals surface area contributed by atoms with Gasteiger partial charge in [-0.25, -0.2) is 4.98 Å². The minimum Gasteiger partial charge on any atom is -0.360 e. The van der Waals surface area contributed by atoms with Crippen LogP contribution in [0.1, 0.15) is 31.9 Å². The molecule has 1 aromatic heterocycles. The van der Waals surface area contributed by atoms with Crippen molar-refractivity contribution in [2.75, 3.05) is 31.5 Å². The van der Waals surface area contributed by atoms with Crippen molar-refractivity contribution < 1.29 is 0 Å². The van der Waals surface area contributed by atoms with E-state index in [-0.39, 0.29) is 0 Å². The molecule has 0 bridgehead atoms. The fourth-order valence-corrected chi connectivity index (χ4v) is 2.88. The molecule has 1 aliphatic rings. The fourth-order valence-electron chi connectivity index (χ4n) is 2.05. The molecule has 1 aromatic rings. The first-order valence-electron chi connectivity index (χ1n) is 6.29. The smallest absolute Gasteiger partial charge is 0.182 e. The Morgan fingerprint density at radius 2 is 2.19 bits per heavy atom. The molecule has 0 aromatic carbocycles. The summed E-state index contributed by atoms with van der Waals surface area (Å²) in [6, 6.07) is 0. The normalized spacial score (nSPS) is 17.6. The lowest BCUT2D eigenvalue weighted by Crippen LogP contribution is -2.33. The number of hydrogen-bond acceptors (Lipinski definition) is 4. The average Bonchev–Trinajstić information content (AvgIpc) is 2.78. The van der Waals surface area contributed by atoms with Gasteiger partial charge in [0.25, 0.3) is 0 Å². The van der Waals surface area contributed by atoms with Gasteiger partial charge in [-0.1, -0.05) is 13.3 Å². The van der Waals surface area contributed by atoms with E-state index in [0.717, 1.165) is 24.6 Å². The Hall–Kier alpha value is -0.610. The van der Waals surface area contributed by atoms with Crippen LogP contribution in [-0.4, -0.2) is 36.1 Å². The number of hydrogen-bond donors (Lipinski definition) is 1. The Morgan fingerprint density at radius 1 is 1.38 bits per heavy atom. The van der Waals surface area contributed by atoms with Gasteiger partial charge in [0, 0.05) is 18.5 Å². The number of anilines is 1. The van der Waals surface area contributed by atoms with Gasteiger partial charge >= 0.3 is 0 Å². The summed E-state index contributed by atoms with van der Waals surface area (Å²) in [5, 5.41) is 6.63. The molecule has 1 N–H and O–H groups in total. The number of aryl methyl sites for hydroxylation is 1. The molecule has 1 fully saturated rings. The number of nitrogens with one attached hydrogen (secondary N) is 1. The highest BCUT2D eigenvalue weighted by molar-refractivity contribution is 7.13. The van der Waals surface area contributed by atoms with Gasteiger partial charge in [0.1, 0.15) is 0 Å². The van der Waals surface area contributed by atoms with Crippen molar-refractivity contribution in [3.63, 3.8) is 0 Å². The summed E-state index contributed by atoms with van der Waals surface area (Å²) < 4.78 is 0. The van der Waals surface area contributed by atoms with Crippen LogP contribution < -0.4 is 5.32 Å². The minimum atomic E-state index is 1.02. The van der Waals surface area contributed by atoms with Crippen molar-refractivity contribution in [3.05, 3.63) is 11.1 Å². The largest absolute Gasteiger partial charge is 0.360 e. The molecule has 4 heteroatoms. The first-order chi connectivity index (χ1) is 7.88. The molecule has 0 saturated carbocycles. The molecule has 2 heterocycles. The van der Waals surface area contributed by atoms with E-state index >= 15 is 0 Å². The number of thiazole rings is 1. The Bertz CT molecular complexity index is 305. The number of likely N-dealkylation sites (tertiary alicyclic amines) is 1. The topological polar surface area (TPSA) is 28.2 Å². The SMILES string of the molecule is CCc1csc(NCCN2CCCCC2)n1. The van der Waals surface area contributed by atoms with Crippen LogP contribution in [0.25, 0.3) is 0 Å². The Morgan fingerprint density at radius 3 is 2.88 bits per heavy atom. The third kappa shape index (κ3) is 3.46. The van der Waals surface area contributed by atoms with Gasteiger partial charge < -0.3 is 10.2 Å². The van der Waals surface area contributed by atoms with E-state index in [1.807, 2.05) is 0 Å². The van der Waals surface area contributed by atoms with Crippen molar-refractivity contribution in [2.24, 2.45) is 0 Å². The summed E-state index contributed by atoms with van der Waals surface area (Å²) in [5.74, 6) is 0. The first kappa shape index (κ1) is 11.9. The predicted molar refractivity (Wildman–Crippen MR) is 70.3 cm³/mol. The summed E-state index contributed by atoms with van der Waals surface area (Å²) in [5.41, 5.74) is 1.20. The third-order valence-corrected chi connectivity index (χ3v) is 3.92. The standard InChI is InChI=1S/C12H21N3S/c1-2-11-10-16-12(14-11)13-6-9-15-7-4-3-5-8-15/h10H,2-9H2,1H3,(H,13,14). The van der Waals surface area contributed by atoms with Crippen LogP contribution in [-0.2, 0) is 6.42 Å². The van der Waals surface area contributed by atoms with Gasteiger partial charge in [0.05, 0.1) is 5.69 Å². The van der Waals surface area contributed by atoms with Crippen molar-refractivity contribution in [1.82, 2.24) is 9.88 Å². The van der Waals surface area contributed by atoms with Gasteiger partial charge in [0.15, 0.2) is 5.13 Å². The van der Waals surface area contributed by atoms with Crippen molar-refractivity contribution >= 4 is 16.5 Å². The van der Waals surface area contributed by atoms with E-state index in [0.29, 0.717) is 0 Å². The maximum absolute atomic E-state index is 4.50. The molecule has 0 amide bonds. The summed E-state index contributed by atoms with van der Waals surface area (Å²) in [4.78, 5) is 7.05. The Labute approximate surface area is 102 Å². The van der Waals surface area contributed by atoms with Crippen molar-refractivity contribution in [1.29, 1.82) is 0 Å². The zero-order valence-electron chi connectivity index (χ0n) is 10.0. The van der Waals surface area contributed by atoms with Gasteiger partial charge in [-0.3, -0.25) is 0 Å². The molecule has 3 nitrogen and oxygen atoms in total. The van der Waals surface area contributed by atoms with Crippen LogP contribution >= 0.6 is 11.3 Å². The molecular formula is C12H21N3S. The van der Waals surface area contributed by atoms with Crippen LogP contribution in [0.3, 0.4) is 0 Å². The van der Waals surface area contributed by atoms with Crippen LogP contribution in [0.5, 0.6) is 0 Å². The fraction of sp³-hybridized carbons (Fsp3) is 0.750. The molecule has 0 spiro atoms. The van der Waals surface area contributed by atoms with E-state index < -0.39 is 0 Å². The molecule has 0 atom stereocenters. The highest BCUT2D eigenvalue weighted by Gasteiger charge is 2.09. The molecule has 90 valence electrons. The number of piperidine rings is 1. The van der Waals surface area contributed by atoms with Crippen molar-refractivity contribution in [2.45, 2.75) is 32.6 Å². The zero-order valence-corrected chi connectivity index (χ0v) is 10.9. The van der Waals surface area contributed by atoms with Gasteiger partial charge in [-0.05, 0) is 32.4 Å². The summed E-state index contributed by atoms with van der Waals surface area (Å²) in [7, 11) is 0. The van der Waals surface area contributed by atoms with E-state index in [2.05, 4.69) is 27.5 Å². The number of aromatic nitrogens is 1. The Balaban J connectivity index is 1.66. The molecule has 0 aliphatic carbocycles. The number of rotatable bonds is 5. The predicted octanol–water partition coefficient (Wildman–Crippen LogP) is 2.60. The lowest BCUT2D eigenvalue weighted by molar-refractivity contribution is 0.237. The van der Waals surface area contributed by atoms with Crippen LogP contribution in [0, 0.1) is 0 Å². The third-order valence-electron chi connectivity index (χ3n) is 3.07. The number of nitrogens with zero attached hydrogens (tertiary/aromatic N) is 2. The second kappa shape index (κ2) is 6.21. The van der Waals surface area contributed by atoms with E-state index in [1.54, 1.807) is 11.3 Å². The van der Waals surface area contributed by atoms with Crippen LogP contribution in [0.2, 0.25) is 0 Å². The van der Waals surface area contributed by atoms with E-state index in [9.17, 15) is 0 Å². The maximum Gasteiger partial charge on any atom is 0.182 e. The van der Waals surface area contributed by atoms with E-state index in [4.69, 9.17) is 0 Å². The van der Waals surface area contributed by atoms with Crippen molar-refractivity contribution in [3.8, 4) is 0 Å². The summed E-state index contributed by atoms with van der Waals surface area (Å²) in [6.45, 7) is 6.88. The zero-order chi connectivity index (χ0) is 11.2. The quantitative estimate of drug-likeness (QED) is 0.856. The molecular weight excluding hydrogens is 218 g/mol. The summed E-state index contributed by atoms with van der Waals surface area (Å²) >= 11 is 1.72. The van der Waals surface area contributed by atoms with Crippen LogP contribution in [0.4, 0.5) is 5.13 Å². The molecule has 2 rings (SSSR count). The Kier molecular flexibility index (Phi) is 4.60. The molecule has 1 aliphatic heterocycles. The second-order valence-electron chi connectivity index (χ2n) is 4.33. The molecule has 0 unspecified atom stereocenters. The van der Waals surface area contributed by atoms with E-state index in [1.165, 1.54) is 38.0 Å². The highest BCUT2D eigenvalue weighted by Crippen LogP contribution is 2.15. The van der Waals surface area contributed by atoms with Gasteiger partial charge in [-0.2, -0.15) is 0 Å². The monoisotopic (exact) mass is 239 g/mol. The lowest BCUT2D eigenvalue weighted by atomic mass is 10.1. The summed E-state index contributed by atoms with van der Waals surface area (Å²) in [6.07, 6.45) is 5.19.